The Morgan fingerprint density at radius 3 is 2.58 bits per heavy atom. The number of ether oxygens (including phenoxy) is 1. The summed E-state index contributed by atoms with van der Waals surface area (Å²) in [5.74, 6) is 0.891. The summed E-state index contributed by atoms with van der Waals surface area (Å²) < 4.78 is 11.2. The highest BCUT2D eigenvalue weighted by Gasteiger charge is 2.39. The molecule has 0 saturated carbocycles. The lowest BCUT2D eigenvalue weighted by molar-refractivity contribution is -0.142. The number of hydrogen-bond acceptors (Lipinski definition) is 4. The Hall–Kier alpha value is -1.13. The Morgan fingerprint density at radius 1 is 1.32 bits per heavy atom. The van der Waals surface area contributed by atoms with Crippen molar-refractivity contribution >= 4 is 6.08 Å². The molecule has 19 heavy (non-hydrogen) atoms. The van der Waals surface area contributed by atoms with Crippen LogP contribution in [0.25, 0.3) is 6.08 Å². The van der Waals surface area contributed by atoms with Crippen molar-refractivity contribution in [3.63, 3.8) is 0 Å². The van der Waals surface area contributed by atoms with Crippen molar-refractivity contribution < 1.29 is 14.3 Å². The maximum atomic E-state index is 10.3. The first-order valence-corrected chi connectivity index (χ1v) is 6.84. The lowest BCUT2D eigenvalue weighted by Gasteiger charge is -2.42. The number of nitrogens with zero attached hydrogens (tertiary/aromatic N) is 1. The molecule has 4 nitrogen and oxygen atoms in total. The van der Waals surface area contributed by atoms with E-state index in [2.05, 4.69) is 4.98 Å². The van der Waals surface area contributed by atoms with Gasteiger partial charge in [0.15, 0.2) is 5.89 Å². The van der Waals surface area contributed by atoms with Crippen molar-refractivity contribution in [3.05, 3.63) is 23.4 Å². The molecule has 2 heterocycles. The van der Waals surface area contributed by atoms with E-state index in [9.17, 15) is 5.11 Å². The zero-order valence-electron chi connectivity index (χ0n) is 12.3. The van der Waals surface area contributed by atoms with Crippen molar-refractivity contribution in [3.8, 4) is 0 Å². The third-order valence-corrected chi connectivity index (χ3v) is 4.12. The molecule has 0 bridgehead atoms. The van der Waals surface area contributed by atoms with Crippen LogP contribution >= 0.6 is 0 Å². The van der Waals surface area contributed by atoms with Gasteiger partial charge in [-0.25, -0.2) is 4.98 Å². The number of oxazole rings is 1. The van der Waals surface area contributed by atoms with E-state index in [4.69, 9.17) is 9.15 Å². The van der Waals surface area contributed by atoms with Crippen LogP contribution in [0.15, 0.2) is 16.3 Å². The van der Waals surface area contributed by atoms with Gasteiger partial charge in [0.25, 0.3) is 0 Å². The van der Waals surface area contributed by atoms with Crippen LogP contribution in [0, 0.1) is 18.8 Å². The van der Waals surface area contributed by atoms with Gasteiger partial charge in [-0.05, 0) is 25.5 Å². The minimum atomic E-state index is -0.337. The monoisotopic (exact) mass is 265 g/mol. The Bertz CT molecular complexity index is 466. The van der Waals surface area contributed by atoms with Crippen molar-refractivity contribution in [2.75, 3.05) is 0 Å². The van der Waals surface area contributed by atoms with E-state index in [1.807, 2.05) is 40.7 Å². The first kappa shape index (κ1) is 14.3. The molecule has 0 unspecified atom stereocenters. The first-order chi connectivity index (χ1) is 8.90. The summed E-state index contributed by atoms with van der Waals surface area (Å²) >= 11 is 0. The number of aromatic nitrogens is 1. The lowest BCUT2D eigenvalue weighted by atomic mass is 9.81. The topological polar surface area (TPSA) is 55.5 Å². The third-order valence-electron chi connectivity index (χ3n) is 4.12. The zero-order chi connectivity index (χ0) is 14.2. The van der Waals surface area contributed by atoms with Crippen LogP contribution in [0.5, 0.6) is 0 Å². The summed E-state index contributed by atoms with van der Waals surface area (Å²) in [5, 5.41) is 10.3. The standard InChI is InChI=1S/C15H23NO3/c1-8(6-13-7-18-12(5)16-13)15-10(3)14(17)9(2)11(4)19-15/h6-7,9-11,14-15,17H,1-5H3/b8-6+/t9-,10-,11-,14+,15+/m1/s1. The smallest absolute Gasteiger partial charge is 0.191 e. The molecule has 1 saturated heterocycles. The second-order valence-corrected chi connectivity index (χ2v) is 5.65. The minimum Gasteiger partial charge on any atom is -0.449 e. The highest BCUT2D eigenvalue weighted by molar-refractivity contribution is 5.48. The molecule has 0 aliphatic carbocycles. The van der Waals surface area contributed by atoms with Gasteiger partial charge in [-0.15, -0.1) is 0 Å². The number of hydrogen-bond donors (Lipinski definition) is 1. The quantitative estimate of drug-likeness (QED) is 0.893. The fourth-order valence-corrected chi connectivity index (χ4v) is 2.70. The van der Waals surface area contributed by atoms with Gasteiger partial charge in [0.05, 0.1) is 18.3 Å². The first-order valence-electron chi connectivity index (χ1n) is 6.84. The van der Waals surface area contributed by atoms with Crippen LogP contribution in [-0.4, -0.2) is 28.4 Å². The molecule has 0 aromatic carbocycles. The van der Waals surface area contributed by atoms with Crippen LogP contribution in [-0.2, 0) is 4.74 Å². The van der Waals surface area contributed by atoms with E-state index in [0.717, 1.165) is 11.3 Å². The molecule has 1 aliphatic heterocycles. The normalized spacial score (nSPS) is 36.5. The maximum Gasteiger partial charge on any atom is 0.191 e. The van der Waals surface area contributed by atoms with Gasteiger partial charge in [0, 0.05) is 18.8 Å². The van der Waals surface area contributed by atoms with Gasteiger partial charge in [0.1, 0.15) is 12.0 Å². The SMILES string of the molecule is C/C(=C\c1coc(C)n1)[C@@H]1O[C@H](C)[C@@H](C)[C@H](O)[C@H]1C. The van der Waals surface area contributed by atoms with Crippen LogP contribution in [0.1, 0.15) is 39.3 Å². The van der Waals surface area contributed by atoms with E-state index < -0.39 is 0 Å². The Labute approximate surface area is 114 Å². The zero-order valence-corrected chi connectivity index (χ0v) is 12.3. The van der Waals surface area contributed by atoms with Gasteiger partial charge in [-0.2, -0.15) is 0 Å². The summed E-state index contributed by atoms with van der Waals surface area (Å²) in [7, 11) is 0. The van der Waals surface area contributed by atoms with Gasteiger partial charge in [0.2, 0.25) is 0 Å². The molecule has 0 spiro atoms. The van der Waals surface area contributed by atoms with E-state index in [1.165, 1.54) is 0 Å². The average Bonchev–Trinajstić information content (AvgIpc) is 2.76. The summed E-state index contributed by atoms with van der Waals surface area (Å²) in [6.07, 6.45) is 3.25. The highest BCUT2D eigenvalue weighted by atomic mass is 16.5. The fraction of sp³-hybridized carbons (Fsp3) is 0.667. The van der Waals surface area contributed by atoms with Gasteiger partial charge in [-0.3, -0.25) is 0 Å². The molecule has 0 radical (unpaired) electrons. The van der Waals surface area contributed by atoms with Crippen molar-refractivity contribution in [1.29, 1.82) is 0 Å². The van der Waals surface area contributed by atoms with Crippen molar-refractivity contribution in [2.45, 2.75) is 52.9 Å². The molecule has 1 aromatic rings. The van der Waals surface area contributed by atoms with E-state index in [-0.39, 0.29) is 30.1 Å². The average molecular weight is 265 g/mol. The summed E-state index contributed by atoms with van der Waals surface area (Å²) in [6.45, 7) is 9.91. The lowest BCUT2D eigenvalue weighted by Crippen LogP contribution is -2.48. The molecular formula is C15H23NO3. The number of aliphatic hydroxyl groups excluding tert-OH is 1. The van der Waals surface area contributed by atoms with Gasteiger partial charge in [-0.1, -0.05) is 13.8 Å². The van der Waals surface area contributed by atoms with Crippen LogP contribution in [0.4, 0.5) is 0 Å². The number of aryl methyl sites for hydroxylation is 1. The number of aliphatic hydroxyl groups is 1. The molecule has 1 N–H and O–H groups in total. The Morgan fingerprint density at radius 2 is 2.00 bits per heavy atom. The molecule has 1 aliphatic rings. The second-order valence-electron chi connectivity index (χ2n) is 5.65. The molecule has 0 amide bonds. The Balaban J connectivity index is 2.18. The molecule has 5 atom stereocenters. The van der Waals surface area contributed by atoms with Crippen molar-refractivity contribution in [2.24, 2.45) is 11.8 Å². The fourth-order valence-electron chi connectivity index (χ4n) is 2.70. The van der Waals surface area contributed by atoms with E-state index in [1.54, 1.807) is 6.26 Å². The molecular weight excluding hydrogens is 242 g/mol. The van der Waals surface area contributed by atoms with Crippen LogP contribution in [0.3, 0.4) is 0 Å². The predicted octanol–water partition coefficient (Wildman–Crippen LogP) is 2.81. The van der Waals surface area contributed by atoms with Crippen LogP contribution in [0.2, 0.25) is 0 Å². The van der Waals surface area contributed by atoms with Crippen LogP contribution < -0.4 is 0 Å². The summed E-state index contributed by atoms with van der Waals surface area (Å²) in [6, 6.07) is 0. The van der Waals surface area contributed by atoms with Crippen molar-refractivity contribution in [1.82, 2.24) is 4.98 Å². The maximum absolute atomic E-state index is 10.3. The minimum absolute atomic E-state index is 0.0543. The second kappa shape index (κ2) is 5.47. The number of rotatable bonds is 2. The largest absolute Gasteiger partial charge is 0.449 e. The van der Waals surface area contributed by atoms with E-state index >= 15 is 0 Å². The molecule has 4 heteroatoms. The molecule has 1 fully saturated rings. The van der Waals surface area contributed by atoms with Gasteiger partial charge < -0.3 is 14.3 Å². The third kappa shape index (κ3) is 2.90. The summed E-state index contributed by atoms with van der Waals surface area (Å²) in [4.78, 5) is 4.26. The Kier molecular flexibility index (Phi) is 4.11. The molecule has 2 rings (SSSR count). The molecule has 1 aromatic heterocycles. The van der Waals surface area contributed by atoms with Gasteiger partial charge >= 0.3 is 0 Å². The molecule has 106 valence electrons. The predicted molar refractivity (Wildman–Crippen MR) is 73.6 cm³/mol. The summed E-state index contributed by atoms with van der Waals surface area (Å²) in [5.41, 5.74) is 1.87. The van der Waals surface area contributed by atoms with E-state index in [0.29, 0.717) is 5.89 Å². The highest BCUT2D eigenvalue weighted by Crippen LogP contribution is 2.33.